The molecule has 1 aliphatic rings. The SMILES string of the molecule is C=CCC/C=C/C=C(\C)C[C@@H](C)/C=C/C=C/C[C@H]1O[C@](C)(OC)[C@H](C)[C@@H](O)[C@H]1C. The molecule has 1 aliphatic heterocycles. The van der Waals surface area contributed by atoms with E-state index in [1.54, 1.807) is 7.11 Å². The van der Waals surface area contributed by atoms with Crippen molar-refractivity contribution in [3.8, 4) is 0 Å². The summed E-state index contributed by atoms with van der Waals surface area (Å²) >= 11 is 0. The first kappa shape index (κ1) is 25.6. The second kappa shape index (κ2) is 13.0. The topological polar surface area (TPSA) is 38.7 Å². The number of hydrogen-bond acceptors (Lipinski definition) is 3. The fourth-order valence-corrected chi connectivity index (χ4v) is 3.73. The zero-order valence-corrected chi connectivity index (χ0v) is 19.3. The van der Waals surface area contributed by atoms with Crippen LogP contribution in [0.4, 0.5) is 0 Å². The Morgan fingerprint density at radius 3 is 2.59 bits per heavy atom. The summed E-state index contributed by atoms with van der Waals surface area (Å²) in [5.74, 6) is -0.231. The van der Waals surface area contributed by atoms with Gasteiger partial charge in [-0.25, -0.2) is 0 Å². The number of methoxy groups -OCH3 is 1. The van der Waals surface area contributed by atoms with Crippen LogP contribution in [0.2, 0.25) is 0 Å². The highest BCUT2D eigenvalue weighted by Crippen LogP contribution is 2.39. The van der Waals surface area contributed by atoms with Gasteiger partial charge in [-0.05, 0) is 45.4 Å². The lowest BCUT2D eigenvalue weighted by Gasteiger charge is -2.48. The predicted octanol–water partition coefficient (Wildman–Crippen LogP) is 6.38. The molecule has 0 aromatic rings. The van der Waals surface area contributed by atoms with Crippen molar-refractivity contribution >= 4 is 0 Å². The van der Waals surface area contributed by atoms with Crippen LogP contribution in [-0.4, -0.2) is 30.2 Å². The highest BCUT2D eigenvalue weighted by molar-refractivity contribution is 5.13. The van der Waals surface area contributed by atoms with E-state index in [0.29, 0.717) is 5.92 Å². The van der Waals surface area contributed by atoms with E-state index in [1.165, 1.54) is 5.57 Å². The fraction of sp³-hybridized carbons (Fsp3) is 0.615. The van der Waals surface area contributed by atoms with Crippen molar-refractivity contribution in [3.05, 3.63) is 60.8 Å². The second-order valence-corrected chi connectivity index (χ2v) is 8.55. The number of allylic oxidation sites excluding steroid dienone is 8. The average molecular weight is 403 g/mol. The molecule has 3 heteroatoms. The van der Waals surface area contributed by atoms with Gasteiger partial charge in [-0.2, -0.15) is 0 Å². The van der Waals surface area contributed by atoms with E-state index >= 15 is 0 Å². The Balaban J connectivity index is 2.48. The van der Waals surface area contributed by atoms with Crippen LogP contribution >= 0.6 is 0 Å². The quantitative estimate of drug-likeness (QED) is 0.248. The van der Waals surface area contributed by atoms with E-state index in [-0.39, 0.29) is 17.9 Å². The van der Waals surface area contributed by atoms with E-state index in [4.69, 9.17) is 9.47 Å². The van der Waals surface area contributed by atoms with E-state index < -0.39 is 11.9 Å². The van der Waals surface area contributed by atoms with Crippen LogP contribution in [0.15, 0.2) is 60.8 Å². The number of aliphatic hydroxyl groups is 1. The first-order valence-corrected chi connectivity index (χ1v) is 10.9. The third-order valence-electron chi connectivity index (χ3n) is 6.01. The largest absolute Gasteiger partial charge is 0.392 e. The third-order valence-corrected chi connectivity index (χ3v) is 6.01. The van der Waals surface area contributed by atoms with E-state index in [1.807, 2.05) is 26.8 Å². The maximum Gasteiger partial charge on any atom is 0.170 e. The van der Waals surface area contributed by atoms with Gasteiger partial charge in [0.05, 0.1) is 12.2 Å². The van der Waals surface area contributed by atoms with Crippen molar-refractivity contribution in [2.45, 2.75) is 78.3 Å². The Morgan fingerprint density at radius 1 is 1.21 bits per heavy atom. The molecule has 1 heterocycles. The maximum atomic E-state index is 10.5. The summed E-state index contributed by atoms with van der Waals surface area (Å²) in [6.07, 6.45) is 20.4. The molecule has 0 bridgehead atoms. The molecule has 0 radical (unpaired) electrons. The van der Waals surface area contributed by atoms with Crippen LogP contribution in [0.3, 0.4) is 0 Å². The van der Waals surface area contributed by atoms with E-state index in [2.05, 4.69) is 63.0 Å². The average Bonchev–Trinajstić information content (AvgIpc) is 2.69. The van der Waals surface area contributed by atoms with Crippen molar-refractivity contribution < 1.29 is 14.6 Å². The number of unbranched alkanes of at least 4 members (excludes halogenated alkanes) is 1. The second-order valence-electron chi connectivity index (χ2n) is 8.55. The van der Waals surface area contributed by atoms with Gasteiger partial charge in [0.1, 0.15) is 0 Å². The molecule has 3 nitrogen and oxygen atoms in total. The number of ether oxygens (including phenoxy) is 2. The van der Waals surface area contributed by atoms with Gasteiger partial charge in [0.2, 0.25) is 0 Å². The zero-order valence-electron chi connectivity index (χ0n) is 19.3. The smallest absolute Gasteiger partial charge is 0.170 e. The molecule has 6 atom stereocenters. The van der Waals surface area contributed by atoms with Crippen molar-refractivity contribution in [1.29, 1.82) is 0 Å². The molecule has 164 valence electrons. The molecule has 0 aromatic heterocycles. The molecular formula is C26H42O3. The first-order valence-electron chi connectivity index (χ1n) is 10.9. The Morgan fingerprint density at radius 2 is 1.93 bits per heavy atom. The first-order chi connectivity index (χ1) is 13.7. The lowest BCUT2D eigenvalue weighted by Crippen LogP contribution is -2.56. The zero-order chi connectivity index (χ0) is 21.9. The van der Waals surface area contributed by atoms with Gasteiger partial charge in [-0.1, -0.05) is 75.0 Å². The van der Waals surface area contributed by atoms with Gasteiger partial charge in [-0.3, -0.25) is 0 Å². The van der Waals surface area contributed by atoms with E-state index in [0.717, 1.165) is 25.7 Å². The minimum absolute atomic E-state index is 0.0497. The molecular weight excluding hydrogens is 360 g/mol. The maximum absolute atomic E-state index is 10.5. The summed E-state index contributed by atoms with van der Waals surface area (Å²) in [4.78, 5) is 0. The predicted molar refractivity (Wildman–Crippen MR) is 124 cm³/mol. The summed E-state index contributed by atoms with van der Waals surface area (Å²) in [5.41, 5.74) is 1.38. The molecule has 29 heavy (non-hydrogen) atoms. The summed E-state index contributed by atoms with van der Waals surface area (Å²) in [6.45, 7) is 14.1. The number of hydrogen-bond donors (Lipinski definition) is 1. The minimum Gasteiger partial charge on any atom is -0.392 e. The molecule has 1 N–H and O–H groups in total. The summed E-state index contributed by atoms with van der Waals surface area (Å²) in [6, 6.07) is 0. The van der Waals surface area contributed by atoms with Crippen LogP contribution in [-0.2, 0) is 9.47 Å². The highest BCUT2D eigenvalue weighted by atomic mass is 16.7. The van der Waals surface area contributed by atoms with Gasteiger partial charge in [0.25, 0.3) is 0 Å². The Kier molecular flexibility index (Phi) is 11.5. The molecule has 0 amide bonds. The standard InChI is InChI=1S/C26H42O3/c1-8-9-10-11-13-16-20(2)19-21(3)17-14-12-15-18-24-22(4)25(27)23(5)26(6,28-7)29-24/h8,11-17,21-25,27H,1,9-10,18-19H2,2-7H3/b13-11+,15-12+,17-14+,20-16+/t21-,22-,23+,24+,25-,26-/m0/s1. The normalized spacial score (nSPS) is 32.4. The molecule has 0 unspecified atom stereocenters. The van der Waals surface area contributed by atoms with Crippen molar-refractivity contribution in [1.82, 2.24) is 0 Å². The Labute approximate surface area is 178 Å². The minimum atomic E-state index is -0.737. The summed E-state index contributed by atoms with van der Waals surface area (Å²) < 4.78 is 11.7. The van der Waals surface area contributed by atoms with Crippen molar-refractivity contribution in [2.75, 3.05) is 7.11 Å². The third kappa shape index (κ3) is 8.46. The Hall–Kier alpha value is -1.42. The summed E-state index contributed by atoms with van der Waals surface area (Å²) in [7, 11) is 1.64. The lowest BCUT2D eigenvalue weighted by atomic mass is 9.80. The molecule has 0 spiro atoms. The van der Waals surface area contributed by atoms with Crippen LogP contribution in [0.1, 0.15) is 60.3 Å². The van der Waals surface area contributed by atoms with E-state index in [9.17, 15) is 5.11 Å². The molecule has 0 aromatic carbocycles. The fourth-order valence-electron chi connectivity index (χ4n) is 3.73. The van der Waals surface area contributed by atoms with Gasteiger partial charge < -0.3 is 14.6 Å². The van der Waals surface area contributed by atoms with Crippen LogP contribution < -0.4 is 0 Å². The summed E-state index contributed by atoms with van der Waals surface area (Å²) in [5, 5.41) is 10.5. The van der Waals surface area contributed by atoms with Gasteiger partial charge >= 0.3 is 0 Å². The highest BCUT2D eigenvalue weighted by Gasteiger charge is 2.47. The van der Waals surface area contributed by atoms with Crippen LogP contribution in [0.25, 0.3) is 0 Å². The molecule has 0 saturated carbocycles. The lowest BCUT2D eigenvalue weighted by molar-refractivity contribution is -0.317. The molecule has 1 rings (SSSR count). The van der Waals surface area contributed by atoms with Crippen LogP contribution in [0.5, 0.6) is 0 Å². The molecule has 1 saturated heterocycles. The monoisotopic (exact) mass is 402 g/mol. The number of aliphatic hydroxyl groups excluding tert-OH is 1. The van der Waals surface area contributed by atoms with Crippen molar-refractivity contribution in [3.63, 3.8) is 0 Å². The van der Waals surface area contributed by atoms with Gasteiger partial charge in [-0.15, -0.1) is 6.58 Å². The molecule has 1 fully saturated rings. The molecule has 0 aliphatic carbocycles. The van der Waals surface area contributed by atoms with Crippen LogP contribution in [0, 0.1) is 17.8 Å². The Bertz CT molecular complexity index is 601. The van der Waals surface area contributed by atoms with Gasteiger partial charge in [0.15, 0.2) is 5.79 Å². The van der Waals surface area contributed by atoms with Crippen molar-refractivity contribution in [2.24, 2.45) is 17.8 Å². The van der Waals surface area contributed by atoms with Gasteiger partial charge in [0, 0.05) is 18.9 Å². The number of rotatable bonds is 11.